The summed E-state index contributed by atoms with van der Waals surface area (Å²) in [5, 5.41) is 0.304. The Labute approximate surface area is 111 Å². The fourth-order valence-electron chi connectivity index (χ4n) is 2.55. The molecule has 18 heavy (non-hydrogen) atoms. The van der Waals surface area contributed by atoms with Crippen LogP contribution in [0.1, 0.15) is 42.5 Å². The number of benzene rings is 1. The number of halogens is 2. The van der Waals surface area contributed by atoms with E-state index in [-0.39, 0.29) is 23.3 Å². The van der Waals surface area contributed by atoms with Gasteiger partial charge in [0.15, 0.2) is 5.78 Å². The van der Waals surface area contributed by atoms with Crippen LogP contribution in [0.4, 0.5) is 4.39 Å². The molecule has 1 aliphatic carbocycles. The second-order valence-corrected chi connectivity index (χ2v) is 5.30. The third-order valence-corrected chi connectivity index (χ3v) is 3.93. The minimum Gasteiger partial charge on any atom is -0.327 e. The molecule has 0 aliphatic heterocycles. The van der Waals surface area contributed by atoms with Crippen molar-refractivity contribution in [3.05, 3.63) is 34.6 Å². The highest BCUT2D eigenvalue weighted by atomic mass is 35.5. The Bertz CT molecular complexity index is 449. The van der Waals surface area contributed by atoms with Crippen molar-refractivity contribution in [1.82, 2.24) is 0 Å². The molecule has 1 aliphatic rings. The van der Waals surface area contributed by atoms with Gasteiger partial charge in [-0.05, 0) is 31.0 Å². The minimum atomic E-state index is -0.440. The molecule has 2 N–H and O–H groups in total. The van der Waals surface area contributed by atoms with Crippen molar-refractivity contribution in [2.24, 2.45) is 11.7 Å². The van der Waals surface area contributed by atoms with E-state index in [0.717, 1.165) is 32.1 Å². The zero-order chi connectivity index (χ0) is 13.1. The highest BCUT2D eigenvalue weighted by Crippen LogP contribution is 2.28. The molecule has 4 heteroatoms. The van der Waals surface area contributed by atoms with E-state index < -0.39 is 5.82 Å². The molecule has 0 heterocycles. The number of ketones is 1. The van der Waals surface area contributed by atoms with Crippen molar-refractivity contribution in [2.45, 2.75) is 38.1 Å². The van der Waals surface area contributed by atoms with Crippen molar-refractivity contribution in [1.29, 1.82) is 0 Å². The molecule has 0 amide bonds. The van der Waals surface area contributed by atoms with Crippen LogP contribution in [0.25, 0.3) is 0 Å². The highest BCUT2D eigenvalue weighted by Gasteiger charge is 2.29. The van der Waals surface area contributed by atoms with Gasteiger partial charge in [-0.25, -0.2) is 4.39 Å². The Kier molecular flexibility index (Phi) is 4.36. The molecule has 1 aromatic rings. The molecule has 1 fully saturated rings. The van der Waals surface area contributed by atoms with Crippen molar-refractivity contribution in [3.8, 4) is 0 Å². The maximum absolute atomic E-state index is 13.2. The van der Waals surface area contributed by atoms with E-state index in [9.17, 15) is 9.18 Å². The van der Waals surface area contributed by atoms with Gasteiger partial charge in [-0.15, -0.1) is 0 Å². The third kappa shape index (κ3) is 2.90. The number of nitrogens with two attached hydrogens (primary N) is 1. The van der Waals surface area contributed by atoms with Crippen LogP contribution in [0.5, 0.6) is 0 Å². The molecule has 1 saturated carbocycles. The lowest BCUT2D eigenvalue weighted by Crippen LogP contribution is -2.34. The van der Waals surface area contributed by atoms with Gasteiger partial charge in [0.05, 0.1) is 5.02 Å². The van der Waals surface area contributed by atoms with Crippen molar-refractivity contribution >= 4 is 17.4 Å². The van der Waals surface area contributed by atoms with Gasteiger partial charge < -0.3 is 5.73 Å². The van der Waals surface area contributed by atoms with E-state index in [0.29, 0.717) is 5.02 Å². The van der Waals surface area contributed by atoms with Crippen LogP contribution in [-0.2, 0) is 0 Å². The normalized spacial score (nSPS) is 24.6. The zero-order valence-corrected chi connectivity index (χ0v) is 10.9. The summed E-state index contributed by atoms with van der Waals surface area (Å²) in [5.74, 6) is -0.786. The zero-order valence-electron chi connectivity index (χ0n) is 10.2. The minimum absolute atomic E-state index is 0.117. The second-order valence-electron chi connectivity index (χ2n) is 4.90. The van der Waals surface area contributed by atoms with Crippen LogP contribution >= 0.6 is 11.6 Å². The molecule has 2 rings (SSSR count). The van der Waals surface area contributed by atoms with Gasteiger partial charge in [0.2, 0.25) is 0 Å². The van der Waals surface area contributed by atoms with Gasteiger partial charge in [-0.2, -0.15) is 0 Å². The van der Waals surface area contributed by atoms with Crippen molar-refractivity contribution < 1.29 is 9.18 Å². The van der Waals surface area contributed by atoms with Crippen LogP contribution < -0.4 is 5.73 Å². The van der Waals surface area contributed by atoms with E-state index in [4.69, 9.17) is 17.3 Å². The van der Waals surface area contributed by atoms with Gasteiger partial charge in [-0.1, -0.05) is 30.9 Å². The average molecular weight is 270 g/mol. The molecule has 0 bridgehead atoms. The maximum Gasteiger partial charge on any atom is 0.169 e. The lowest BCUT2D eigenvalue weighted by molar-refractivity contribution is 0.0894. The van der Waals surface area contributed by atoms with Crippen LogP contribution in [0.15, 0.2) is 18.2 Å². The lowest BCUT2D eigenvalue weighted by atomic mass is 9.87. The van der Waals surface area contributed by atoms with E-state index in [1.807, 2.05) is 0 Å². The van der Waals surface area contributed by atoms with Gasteiger partial charge in [0.1, 0.15) is 5.82 Å². The molecule has 2 atom stereocenters. The van der Waals surface area contributed by atoms with Crippen LogP contribution in [0, 0.1) is 11.7 Å². The molecule has 98 valence electrons. The average Bonchev–Trinajstić information content (AvgIpc) is 2.56. The van der Waals surface area contributed by atoms with Crippen molar-refractivity contribution in [3.63, 3.8) is 0 Å². The number of rotatable bonds is 2. The molecule has 2 unspecified atom stereocenters. The number of hydrogen-bond acceptors (Lipinski definition) is 2. The van der Waals surface area contributed by atoms with E-state index in [2.05, 4.69) is 0 Å². The Morgan fingerprint density at radius 2 is 2.00 bits per heavy atom. The highest BCUT2D eigenvalue weighted by molar-refractivity contribution is 6.34. The first-order valence-electron chi connectivity index (χ1n) is 6.34. The van der Waals surface area contributed by atoms with Gasteiger partial charge in [0, 0.05) is 17.5 Å². The van der Waals surface area contributed by atoms with Gasteiger partial charge in [0.25, 0.3) is 0 Å². The summed E-state index contributed by atoms with van der Waals surface area (Å²) in [6, 6.07) is 3.75. The number of carbonyl (C=O) groups is 1. The second kappa shape index (κ2) is 5.81. The maximum atomic E-state index is 13.2. The number of carbonyl (C=O) groups excluding carboxylic acids is 1. The largest absolute Gasteiger partial charge is 0.327 e. The Morgan fingerprint density at radius 3 is 2.78 bits per heavy atom. The summed E-state index contributed by atoms with van der Waals surface area (Å²) in [6.07, 6.45) is 4.78. The lowest BCUT2D eigenvalue weighted by Gasteiger charge is -2.20. The van der Waals surface area contributed by atoms with Crippen LogP contribution in [0.3, 0.4) is 0 Å². The Hall–Kier alpha value is -0.930. The first-order valence-corrected chi connectivity index (χ1v) is 6.72. The first kappa shape index (κ1) is 13.5. The summed E-state index contributed by atoms with van der Waals surface area (Å²) in [5.41, 5.74) is 6.31. The first-order chi connectivity index (χ1) is 8.59. The predicted molar refractivity (Wildman–Crippen MR) is 70.3 cm³/mol. The topological polar surface area (TPSA) is 43.1 Å². The molecular formula is C14H17ClFNO. The van der Waals surface area contributed by atoms with Crippen molar-refractivity contribution in [2.75, 3.05) is 0 Å². The van der Waals surface area contributed by atoms with Crippen LogP contribution in [-0.4, -0.2) is 11.8 Å². The third-order valence-electron chi connectivity index (χ3n) is 3.60. The standard InChI is InChI=1S/C14H17ClFNO/c15-12-7-6-9(16)8-11(12)14(18)10-4-2-1-3-5-13(10)17/h6-8,10,13H,1-5,17H2. The molecule has 0 saturated heterocycles. The Balaban J connectivity index is 2.26. The summed E-state index contributed by atoms with van der Waals surface area (Å²) in [4.78, 5) is 12.4. The molecular weight excluding hydrogens is 253 g/mol. The van der Waals surface area contributed by atoms with E-state index in [1.165, 1.54) is 18.2 Å². The van der Waals surface area contributed by atoms with E-state index >= 15 is 0 Å². The summed E-state index contributed by atoms with van der Waals surface area (Å²) in [6.45, 7) is 0. The predicted octanol–water partition coefficient (Wildman–Crippen LogP) is 3.57. The molecule has 0 aromatic heterocycles. The number of hydrogen-bond donors (Lipinski definition) is 1. The Morgan fingerprint density at radius 1 is 1.28 bits per heavy atom. The smallest absolute Gasteiger partial charge is 0.169 e. The fourth-order valence-corrected chi connectivity index (χ4v) is 2.76. The molecule has 1 aromatic carbocycles. The summed E-state index contributed by atoms with van der Waals surface area (Å²) < 4.78 is 13.2. The monoisotopic (exact) mass is 269 g/mol. The molecule has 2 nitrogen and oxygen atoms in total. The summed E-state index contributed by atoms with van der Waals surface area (Å²) in [7, 11) is 0. The van der Waals surface area contributed by atoms with Crippen LogP contribution in [0.2, 0.25) is 5.02 Å². The molecule has 0 spiro atoms. The fraction of sp³-hybridized carbons (Fsp3) is 0.500. The van der Waals surface area contributed by atoms with Gasteiger partial charge >= 0.3 is 0 Å². The van der Waals surface area contributed by atoms with Gasteiger partial charge in [-0.3, -0.25) is 4.79 Å². The molecule has 0 radical (unpaired) electrons. The number of Topliss-reactive ketones (excluding diaryl/α,β-unsaturated/α-hetero) is 1. The quantitative estimate of drug-likeness (QED) is 0.659. The SMILES string of the molecule is NC1CCCCCC1C(=O)c1cc(F)ccc1Cl. The summed E-state index contributed by atoms with van der Waals surface area (Å²) >= 11 is 5.97. The van der Waals surface area contributed by atoms with E-state index in [1.54, 1.807) is 0 Å².